The largest absolute Gasteiger partial charge is 0.393 e. The summed E-state index contributed by atoms with van der Waals surface area (Å²) in [6.45, 7) is 4.45. The molecule has 1 N–H and O–H groups in total. The fourth-order valence-electron chi connectivity index (χ4n) is 1.78. The summed E-state index contributed by atoms with van der Waals surface area (Å²) in [5, 5.41) is 9.46. The lowest BCUT2D eigenvalue weighted by molar-refractivity contribution is 0.129. The summed E-state index contributed by atoms with van der Waals surface area (Å²) >= 11 is 0. The molecule has 0 radical (unpaired) electrons. The van der Waals surface area contributed by atoms with Crippen LogP contribution in [0.1, 0.15) is 12.8 Å². The van der Waals surface area contributed by atoms with Crippen molar-refractivity contribution in [3.05, 3.63) is 12.7 Å². The Hall–Kier alpha value is -0.340. The van der Waals surface area contributed by atoms with E-state index in [2.05, 4.69) is 6.58 Å². The van der Waals surface area contributed by atoms with Crippen LogP contribution >= 0.6 is 0 Å². The molecule has 11 heavy (non-hydrogen) atoms. The minimum absolute atomic E-state index is 0.187. The average molecular weight is 156 g/mol. The molecule has 0 heterocycles. The lowest BCUT2D eigenvalue weighted by Crippen LogP contribution is -2.09. The van der Waals surface area contributed by atoms with E-state index in [-0.39, 0.29) is 12.0 Å². The predicted molar refractivity (Wildman–Crippen MR) is 44.3 cm³/mol. The van der Waals surface area contributed by atoms with Crippen molar-refractivity contribution < 1.29 is 9.84 Å². The predicted octanol–water partition coefficient (Wildman–Crippen LogP) is 1.21. The smallest absolute Gasteiger partial charge is 0.0606 e. The topological polar surface area (TPSA) is 29.5 Å². The molecule has 1 aliphatic carbocycles. The third kappa shape index (κ3) is 2.04. The van der Waals surface area contributed by atoms with Crippen molar-refractivity contribution in [3.8, 4) is 0 Å². The molecule has 0 saturated heterocycles. The number of hydrogen-bond donors (Lipinski definition) is 1. The van der Waals surface area contributed by atoms with Crippen LogP contribution in [0.3, 0.4) is 0 Å². The van der Waals surface area contributed by atoms with Gasteiger partial charge in [0.15, 0.2) is 0 Å². The molecule has 1 fully saturated rings. The van der Waals surface area contributed by atoms with Gasteiger partial charge in [-0.25, -0.2) is 0 Å². The van der Waals surface area contributed by atoms with Gasteiger partial charge in [0.05, 0.1) is 6.10 Å². The Morgan fingerprint density at radius 2 is 2.36 bits per heavy atom. The third-order valence-corrected chi connectivity index (χ3v) is 2.38. The molecule has 0 aromatic heterocycles. The molecule has 64 valence electrons. The molecule has 0 spiro atoms. The molecular weight excluding hydrogens is 140 g/mol. The van der Waals surface area contributed by atoms with Crippen molar-refractivity contribution in [1.82, 2.24) is 0 Å². The standard InChI is InChI=1S/C9H16O2/c1-3-8-4-7(6-11-2)5-9(8)10/h3,7-10H,1,4-6H2,2H3. The van der Waals surface area contributed by atoms with Gasteiger partial charge in [-0.1, -0.05) is 6.08 Å². The lowest BCUT2D eigenvalue weighted by Gasteiger charge is -2.06. The Morgan fingerprint density at radius 3 is 2.82 bits per heavy atom. The monoisotopic (exact) mass is 156 g/mol. The summed E-state index contributed by atoms with van der Waals surface area (Å²) in [6.07, 6.45) is 3.55. The zero-order valence-electron chi connectivity index (χ0n) is 6.99. The Balaban J connectivity index is 2.36. The van der Waals surface area contributed by atoms with Crippen LogP contribution in [0.15, 0.2) is 12.7 Å². The molecule has 1 aliphatic rings. The van der Waals surface area contributed by atoms with Gasteiger partial charge >= 0.3 is 0 Å². The minimum Gasteiger partial charge on any atom is -0.393 e. The molecule has 3 unspecified atom stereocenters. The molecule has 2 nitrogen and oxygen atoms in total. The van der Waals surface area contributed by atoms with Gasteiger partial charge in [-0.05, 0) is 18.8 Å². The Kier molecular flexibility index (Phi) is 3.09. The van der Waals surface area contributed by atoms with Crippen LogP contribution in [-0.2, 0) is 4.74 Å². The van der Waals surface area contributed by atoms with Crippen molar-refractivity contribution in [1.29, 1.82) is 0 Å². The lowest BCUT2D eigenvalue weighted by atomic mass is 10.1. The van der Waals surface area contributed by atoms with Crippen LogP contribution in [0, 0.1) is 11.8 Å². The first-order valence-electron chi connectivity index (χ1n) is 4.07. The summed E-state index contributed by atoms with van der Waals surface area (Å²) in [4.78, 5) is 0. The zero-order chi connectivity index (χ0) is 8.27. The van der Waals surface area contributed by atoms with E-state index in [1.165, 1.54) is 0 Å². The fourth-order valence-corrected chi connectivity index (χ4v) is 1.78. The number of methoxy groups -OCH3 is 1. The maximum Gasteiger partial charge on any atom is 0.0606 e. The summed E-state index contributed by atoms with van der Waals surface area (Å²) in [5.41, 5.74) is 0. The summed E-state index contributed by atoms with van der Waals surface area (Å²) in [5.74, 6) is 0.813. The Bertz CT molecular complexity index is 134. The second-order valence-corrected chi connectivity index (χ2v) is 3.26. The van der Waals surface area contributed by atoms with Gasteiger partial charge in [-0.3, -0.25) is 0 Å². The van der Waals surface area contributed by atoms with Crippen LogP contribution < -0.4 is 0 Å². The zero-order valence-corrected chi connectivity index (χ0v) is 6.99. The van der Waals surface area contributed by atoms with E-state index in [9.17, 15) is 5.11 Å². The maximum atomic E-state index is 9.46. The number of hydrogen-bond acceptors (Lipinski definition) is 2. The van der Waals surface area contributed by atoms with Gasteiger partial charge < -0.3 is 9.84 Å². The highest BCUT2D eigenvalue weighted by Crippen LogP contribution is 2.31. The third-order valence-electron chi connectivity index (χ3n) is 2.38. The van der Waals surface area contributed by atoms with E-state index in [4.69, 9.17) is 4.74 Å². The molecule has 0 amide bonds. The normalized spacial score (nSPS) is 37.5. The van der Waals surface area contributed by atoms with Gasteiger partial charge in [-0.2, -0.15) is 0 Å². The van der Waals surface area contributed by atoms with E-state index in [1.807, 2.05) is 6.08 Å². The second-order valence-electron chi connectivity index (χ2n) is 3.26. The van der Waals surface area contributed by atoms with Crippen molar-refractivity contribution >= 4 is 0 Å². The van der Waals surface area contributed by atoms with E-state index < -0.39 is 0 Å². The van der Waals surface area contributed by atoms with E-state index in [0.717, 1.165) is 19.4 Å². The highest BCUT2D eigenvalue weighted by Gasteiger charge is 2.30. The van der Waals surface area contributed by atoms with Gasteiger partial charge in [-0.15, -0.1) is 6.58 Å². The van der Waals surface area contributed by atoms with Crippen molar-refractivity contribution in [3.63, 3.8) is 0 Å². The molecule has 1 rings (SSSR count). The van der Waals surface area contributed by atoms with Crippen molar-refractivity contribution in [2.45, 2.75) is 18.9 Å². The van der Waals surface area contributed by atoms with Gasteiger partial charge in [0, 0.05) is 19.6 Å². The first kappa shape index (κ1) is 8.75. The quantitative estimate of drug-likeness (QED) is 0.622. The number of aliphatic hydroxyl groups excluding tert-OH is 1. The number of rotatable bonds is 3. The first-order valence-corrected chi connectivity index (χ1v) is 4.07. The number of ether oxygens (including phenoxy) is 1. The molecule has 2 heteroatoms. The number of aliphatic hydroxyl groups is 1. The van der Waals surface area contributed by atoms with Crippen molar-refractivity contribution in [2.75, 3.05) is 13.7 Å². The Morgan fingerprint density at radius 1 is 1.64 bits per heavy atom. The van der Waals surface area contributed by atoms with Crippen LogP contribution in [-0.4, -0.2) is 24.9 Å². The molecule has 0 aromatic rings. The Labute approximate surface area is 67.9 Å². The highest BCUT2D eigenvalue weighted by atomic mass is 16.5. The van der Waals surface area contributed by atoms with Crippen LogP contribution in [0.5, 0.6) is 0 Å². The molecular formula is C9H16O2. The molecule has 1 saturated carbocycles. The SMILES string of the molecule is C=CC1CC(COC)CC1O. The first-order chi connectivity index (χ1) is 5.27. The molecule has 3 atom stereocenters. The molecule has 0 aliphatic heterocycles. The fraction of sp³-hybridized carbons (Fsp3) is 0.778. The van der Waals surface area contributed by atoms with Crippen molar-refractivity contribution in [2.24, 2.45) is 11.8 Å². The van der Waals surface area contributed by atoms with Crippen LogP contribution in [0.25, 0.3) is 0 Å². The summed E-state index contributed by atoms with van der Waals surface area (Å²) < 4.78 is 5.02. The highest BCUT2D eigenvalue weighted by molar-refractivity contribution is 4.92. The van der Waals surface area contributed by atoms with Gasteiger partial charge in [0.1, 0.15) is 0 Å². The van der Waals surface area contributed by atoms with Gasteiger partial charge in [0.2, 0.25) is 0 Å². The van der Waals surface area contributed by atoms with Crippen LogP contribution in [0.2, 0.25) is 0 Å². The second kappa shape index (κ2) is 3.88. The van der Waals surface area contributed by atoms with Gasteiger partial charge in [0.25, 0.3) is 0 Å². The van der Waals surface area contributed by atoms with Crippen LogP contribution in [0.4, 0.5) is 0 Å². The van der Waals surface area contributed by atoms with E-state index in [0.29, 0.717) is 5.92 Å². The average Bonchev–Trinajstić information content (AvgIpc) is 2.32. The summed E-state index contributed by atoms with van der Waals surface area (Å²) in [7, 11) is 1.70. The maximum absolute atomic E-state index is 9.46. The summed E-state index contributed by atoms with van der Waals surface area (Å²) in [6, 6.07) is 0. The van der Waals surface area contributed by atoms with E-state index >= 15 is 0 Å². The minimum atomic E-state index is -0.187. The molecule has 0 bridgehead atoms. The van der Waals surface area contributed by atoms with E-state index in [1.54, 1.807) is 7.11 Å². The molecule has 0 aromatic carbocycles.